The number of likely N-dealkylation sites (tertiary alicyclic amines) is 1. The van der Waals surface area contributed by atoms with Crippen LogP contribution in [0, 0.1) is 17.2 Å². The van der Waals surface area contributed by atoms with E-state index in [0.29, 0.717) is 19.4 Å². The zero-order chi connectivity index (χ0) is 14.6. The van der Waals surface area contributed by atoms with Gasteiger partial charge in [0.05, 0.1) is 13.2 Å². The lowest BCUT2D eigenvalue weighted by Crippen LogP contribution is -2.43. The normalized spacial score (nSPS) is 22.8. The number of carbonyl (C=O) groups excluding carboxylic acids is 2. The van der Waals surface area contributed by atoms with Crippen LogP contribution in [0.5, 0.6) is 0 Å². The third-order valence-electron chi connectivity index (χ3n) is 2.87. The quantitative estimate of drug-likeness (QED) is 0.712. The Labute approximate surface area is 113 Å². The monoisotopic (exact) mass is 268 g/mol. The minimum absolute atomic E-state index is 0.0124. The molecular weight excluding hydrogens is 248 g/mol. The van der Waals surface area contributed by atoms with E-state index in [9.17, 15) is 9.59 Å². The Morgan fingerprint density at radius 3 is 2.53 bits per heavy atom. The molecule has 6 nitrogen and oxygen atoms in total. The number of hydrogen-bond donors (Lipinski definition) is 0. The lowest BCUT2D eigenvalue weighted by Gasteiger charge is -2.27. The summed E-state index contributed by atoms with van der Waals surface area (Å²) in [6, 6.07) is 1.41. The predicted molar refractivity (Wildman–Crippen MR) is 67.1 cm³/mol. The van der Waals surface area contributed by atoms with Gasteiger partial charge in [0.25, 0.3) is 0 Å². The van der Waals surface area contributed by atoms with Gasteiger partial charge in [-0.05, 0) is 33.1 Å². The second kappa shape index (κ2) is 5.91. The van der Waals surface area contributed by atoms with Gasteiger partial charge >= 0.3 is 12.1 Å². The Hall–Kier alpha value is -1.77. The Bertz CT molecular complexity index is 394. The van der Waals surface area contributed by atoms with E-state index in [4.69, 9.17) is 14.7 Å². The molecule has 1 aliphatic heterocycles. The first kappa shape index (κ1) is 15.3. The maximum Gasteiger partial charge on any atom is 0.411 e. The molecule has 0 saturated carbocycles. The Morgan fingerprint density at radius 2 is 2.05 bits per heavy atom. The zero-order valence-corrected chi connectivity index (χ0v) is 11.8. The van der Waals surface area contributed by atoms with Gasteiger partial charge in [0, 0.05) is 13.0 Å². The summed E-state index contributed by atoms with van der Waals surface area (Å²) in [5.41, 5.74) is -0.620. The van der Waals surface area contributed by atoms with Gasteiger partial charge in [-0.1, -0.05) is 0 Å². The molecule has 0 N–H and O–H groups in total. The van der Waals surface area contributed by atoms with E-state index in [1.165, 1.54) is 12.0 Å². The molecule has 1 rings (SSSR count). The fourth-order valence-electron chi connectivity index (χ4n) is 2.08. The molecular formula is C13H20N2O4. The summed E-state index contributed by atoms with van der Waals surface area (Å²) >= 11 is 0. The molecule has 0 aliphatic carbocycles. The van der Waals surface area contributed by atoms with E-state index in [0.717, 1.165) is 0 Å². The molecule has 2 atom stereocenters. The molecule has 0 aromatic heterocycles. The Balaban J connectivity index is 2.80. The van der Waals surface area contributed by atoms with Crippen LogP contribution in [0.25, 0.3) is 0 Å². The number of methoxy groups -OCH3 is 1. The number of ether oxygens (including phenoxy) is 2. The zero-order valence-electron chi connectivity index (χ0n) is 11.8. The van der Waals surface area contributed by atoms with Gasteiger partial charge in [0.1, 0.15) is 11.6 Å². The molecule has 0 unspecified atom stereocenters. The number of hydrogen-bond acceptors (Lipinski definition) is 5. The summed E-state index contributed by atoms with van der Waals surface area (Å²) in [7, 11) is 1.28. The number of nitrogens with zero attached hydrogens (tertiary/aromatic N) is 2. The van der Waals surface area contributed by atoms with Gasteiger partial charge in [-0.2, -0.15) is 5.26 Å². The van der Waals surface area contributed by atoms with Crippen LogP contribution in [-0.2, 0) is 14.3 Å². The summed E-state index contributed by atoms with van der Waals surface area (Å²) in [4.78, 5) is 25.1. The molecule has 0 spiro atoms. The fourth-order valence-corrected chi connectivity index (χ4v) is 2.08. The van der Waals surface area contributed by atoms with Crippen molar-refractivity contribution in [2.45, 2.75) is 45.3 Å². The third-order valence-corrected chi connectivity index (χ3v) is 2.87. The van der Waals surface area contributed by atoms with Crippen LogP contribution in [0.4, 0.5) is 4.79 Å². The van der Waals surface area contributed by atoms with Crippen molar-refractivity contribution in [3.05, 3.63) is 0 Å². The molecule has 0 aromatic carbocycles. The fraction of sp³-hybridized carbons (Fsp3) is 0.769. The molecule has 1 amide bonds. The molecule has 0 radical (unpaired) electrons. The highest BCUT2D eigenvalue weighted by Gasteiger charge is 2.41. The number of esters is 1. The van der Waals surface area contributed by atoms with Gasteiger partial charge in [0.2, 0.25) is 0 Å². The van der Waals surface area contributed by atoms with Crippen molar-refractivity contribution in [1.29, 1.82) is 5.26 Å². The average molecular weight is 268 g/mol. The van der Waals surface area contributed by atoms with E-state index in [-0.39, 0.29) is 5.92 Å². The predicted octanol–water partition coefficient (Wildman–Crippen LogP) is 1.70. The average Bonchev–Trinajstić information content (AvgIpc) is 2.70. The van der Waals surface area contributed by atoms with Crippen LogP contribution in [0.3, 0.4) is 0 Å². The van der Waals surface area contributed by atoms with Gasteiger partial charge in [0.15, 0.2) is 0 Å². The Morgan fingerprint density at radius 1 is 1.42 bits per heavy atom. The van der Waals surface area contributed by atoms with Crippen molar-refractivity contribution in [3.8, 4) is 6.07 Å². The van der Waals surface area contributed by atoms with Crippen molar-refractivity contribution in [2.75, 3.05) is 13.7 Å². The third kappa shape index (κ3) is 4.12. The summed E-state index contributed by atoms with van der Waals surface area (Å²) < 4.78 is 9.97. The van der Waals surface area contributed by atoms with Crippen LogP contribution in [0.1, 0.15) is 33.6 Å². The van der Waals surface area contributed by atoms with Crippen LogP contribution in [0.2, 0.25) is 0 Å². The maximum atomic E-state index is 12.1. The van der Waals surface area contributed by atoms with Crippen molar-refractivity contribution < 1.29 is 19.1 Å². The summed E-state index contributed by atoms with van der Waals surface area (Å²) in [6.07, 6.45) is 0.218. The highest BCUT2D eigenvalue weighted by atomic mass is 16.6. The number of carbonyl (C=O) groups is 2. The topological polar surface area (TPSA) is 79.6 Å². The van der Waals surface area contributed by atoms with Crippen LogP contribution < -0.4 is 0 Å². The molecule has 6 heteroatoms. The van der Waals surface area contributed by atoms with Gasteiger partial charge in [-0.3, -0.25) is 4.90 Å². The standard InChI is InChI=1S/C13H20N2O4/c1-13(2,3)19-12(17)15-8-9(5-6-14)7-10(15)11(16)18-4/h9-10H,5,7-8H2,1-4H3/t9-,10+/m1/s1. The number of nitriles is 1. The molecule has 1 saturated heterocycles. The van der Waals surface area contributed by atoms with E-state index < -0.39 is 23.7 Å². The van der Waals surface area contributed by atoms with Gasteiger partial charge in [-0.25, -0.2) is 9.59 Å². The van der Waals surface area contributed by atoms with Crippen LogP contribution >= 0.6 is 0 Å². The summed E-state index contributed by atoms with van der Waals surface area (Å²) in [5, 5.41) is 8.72. The summed E-state index contributed by atoms with van der Waals surface area (Å²) in [5.74, 6) is -0.479. The molecule has 1 aliphatic rings. The minimum Gasteiger partial charge on any atom is -0.467 e. The largest absolute Gasteiger partial charge is 0.467 e. The van der Waals surface area contributed by atoms with Crippen LogP contribution in [-0.4, -0.2) is 42.3 Å². The maximum absolute atomic E-state index is 12.1. The van der Waals surface area contributed by atoms with Crippen LogP contribution in [0.15, 0.2) is 0 Å². The second-order valence-corrected chi connectivity index (χ2v) is 5.64. The highest BCUT2D eigenvalue weighted by molar-refractivity contribution is 5.82. The van der Waals surface area contributed by atoms with E-state index in [1.807, 2.05) is 0 Å². The van der Waals surface area contributed by atoms with Crippen molar-refractivity contribution in [2.24, 2.45) is 5.92 Å². The SMILES string of the molecule is COC(=O)[C@@H]1C[C@@H](CC#N)CN1C(=O)OC(C)(C)C. The van der Waals surface area contributed by atoms with Crippen molar-refractivity contribution >= 4 is 12.1 Å². The minimum atomic E-state index is -0.654. The van der Waals surface area contributed by atoms with E-state index in [1.54, 1.807) is 20.8 Å². The first-order chi connectivity index (χ1) is 8.78. The van der Waals surface area contributed by atoms with E-state index >= 15 is 0 Å². The molecule has 0 bridgehead atoms. The second-order valence-electron chi connectivity index (χ2n) is 5.64. The van der Waals surface area contributed by atoms with Gasteiger partial charge in [-0.15, -0.1) is 0 Å². The molecule has 1 heterocycles. The first-order valence-corrected chi connectivity index (χ1v) is 6.23. The molecule has 1 fully saturated rings. The highest BCUT2D eigenvalue weighted by Crippen LogP contribution is 2.28. The molecule has 0 aromatic rings. The molecule has 106 valence electrons. The summed E-state index contributed by atoms with van der Waals surface area (Å²) in [6.45, 7) is 5.64. The molecule has 19 heavy (non-hydrogen) atoms. The number of amides is 1. The first-order valence-electron chi connectivity index (χ1n) is 6.23. The van der Waals surface area contributed by atoms with Gasteiger partial charge < -0.3 is 9.47 Å². The Kier molecular flexibility index (Phi) is 4.76. The smallest absolute Gasteiger partial charge is 0.411 e. The lowest BCUT2D eigenvalue weighted by molar-refractivity contribution is -0.145. The van der Waals surface area contributed by atoms with Crippen molar-refractivity contribution in [1.82, 2.24) is 4.90 Å². The number of rotatable bonds is 2. The van der Waals surface area contributed by atoms with E-state index in [2.05, 4.69) is 6.07 Å². The lowest BCUT2D eigenvalue weighted by atomic mass is 10.0. The van der Waals surface area contributed by atoms with Crippen molar-refractivity contribution in [3.63, 3.8) is 0 Å².